The third-order valence-corrected chi connectivity index (χ3v) is 3.90. The summed E-state index contributed by atoms with van der Waals surface area (Å²) in [5.41, 5.74) is 2.78. The van der Waals surface area contributed by atoms with E-state index in [4.69, 9.17) is 0 Å². The van der Waals surface area contributed by atoms with Crippen molar-refractivity contribution in [1.82, 2.24) is 4.90 Å². The average Bonchev–Trinajstić information content (AvgIpc) is 2.81. The summed E-state index contributed by atoms with van der Waals surface area (Å²) in [6.07, 6.45) is 3.49. The van der Waals surface area contributed by atoms with Crippen LogP contribution in [0.1, 0.15) is 37.8 Å². The second-order valence-electron chi connectivity index (χ2n) is 5.47. The number of carbonyl (C=O) groups is 1. The molecule has 0 N–H and O–H groups in total. The Morgan fingerprint density at radius 3 is 2.52 bits per heavy atom. The first-order valence-electron chi connectivity index (χ1n) is 7.70. The van der Waals surface area contributed by atoms with Crippen LogP contribution >= 0.6 is 0 Å². The predicted molar refractivity (Wildman–Crippen MR) is 84.2 cm³/mol. The van der Waals surface area contributed by atoms with Crippen molar-refractivity contribution in [3.8, 4) is 0 Å². The molecule has 1 aromatic rings. The molecule has 1 heterocycles. The number of carbonyl (C=O) groups excluding carboxylic acids is 1. The minimum atomic E-state index is -0.230. The Labute approximate surface area is 125 Å². The van der Waals surface area contributed by atoms with E-state index in [1.54, 1.807) is 6.07 Å². The van der Waals surface area contributed by atoms with Crippen LogP contribution in [-0.4, -0.2) is 30.4 Å². The Morgan fingerprint density at radius 2 is 1.90 bits per heavy atom. The highest BCUT2D eigenvalue weighted by atomic mass is 16.3. The van der Waals surface area contributed by atoms with Gasteiger partial charge in [0.2, 0.25) is 0 Å². The first kappa shape index (κ1) is 15.6. The largest absolute Gasteiger partial charge is 0.303 e. The molecule has 0 bridgehead atoms. The smallest absolute Gasteiger partial charge is 0.254 e. The summed E-state index contributed by atoms with van der Waals surface area (Å²) in [6, 6.07) is 5.74. The lowest BCUT2D eigenvalue weighted by molar-refractivity contribution is -0.117. The lowest BCUT2D eigenvalue weighted by Crippen LogP contribution is -2.28. The summed E-state index contributed by atoms with van der Waals surface area (Å²) in [6.45, 7) is 7.57. The lowest BCUT2D eigenvalue weighted by atomic mass is 10.0. The maximum atomic E-state index is 11.8. The Bertz CT molecular complexity index is 510. The van der Waals surface area contributed by atoms with Crippen molar-refractivity contribution in [1.29, 1.82) is 0 Å². The first-order chi connectivity index (χ1) is 10.2. The molecule has 0 radical (unpaired) electrons. The predicted octanol–water partition coefficient (Wildman–Crippen LogP) is 2.92. The van der Waals surface area contributed by atoms with Crippen LogP contribution in [0.5, 0.6) is 0 Å². The number of rotatable bonds is 8. The molecule has 114 valence electrons. The van der Waals surface area contributed by atoms with E-state index in [0.717, 1.165) is 55.0 Å². The molecule has 0 fully saturated rings. The normalized spacial score (nSPS) is 13.9. The summed E-state index contributed by atoms with van der Waals surface area (Å²) >= 11 is 0. The molecule has 1 aromatic carbocycles. The van der Waals surface area contributed by atoms with E-state index in [2.05, 4.69) is 30.1 Å². The minimum Gasteiger partial charge on any atom is -0.303 e. The van der Waals surface area contributed by atoms with Crippen LogP contribution in [0, 0.1) is 4.91 Å². The number of anilines is 1. The van der Waals surface area contributed by atoms with Crippen molar-refractivity contribution in [3.63, 3.8) is 0 Å². The summed E-state index contributed by atoms with van der Waals surface area (Å²) in [5.74, 6) is -0.230. The van der Waals surface area contributed by atoms with Gasteiger partial charge in [0.15, 0.2) is 0 Å². The summed E-state index contributed by atoms with van der Waals surface area (Å²) in [4.78, 5) is 25.0. The molecule has 0 aromatic heterocycles. The van der Waals surface area contributed by atoms with Crippen molar-refractivity contribution in [2.45, 2.75) is 39.5 Å². The number of nitroso groups, excluding NO2 is 1. The molecule has 0 aliphatic carbocycles. The van der Waals surface area contributed by atoms with Gasteiger partial charge in [-0.05, 0) is 49.5 Å². The number of nitrogens with zero attached hydrogens (tertiary/aromatic N) is 3. The monoisotopic (exact) mass is 289 g/mol. The van der Waals surface area contributed by atoms with Gasteiger partial charge >= 0.3 is 0 Å². The molecule has 1 aliphatic rings. The van der Waals surface area contributed by atoms with Gasteiger partial charge in [-0.2, -0.15) is 5.01 Å². The van der Waals surface area contributed by atoms with Crippen LogP contribution in [0.15, 0.2) is 23.5 Å². The van der Waals surface area contributed by atoms with Crippen molar-refractivity contribution < 1.29 is 4.79 Å². The molecule has 5 nitrogen and oxygen atoms in total. The quantitative estimate of drug-likeness (QED) is 0.691. The van der Waals surface area contributed by atoms with Gasteiger partial charge in [0.1, 0.15) is 0 Å². The highest BCUT2D eigenvalue weighted by molar-refractivity contribution is 6.01. The Kier molecular flexibility index (Phi) is 5.44. The van der Waals surface area contributed by atoms with E-state index in [0.29, 0.717) is 12.1 Å². The second kappa shape index (κ2) is 7.31. The Morgan fingerprint density at radius 1 is 1.19 bits per heavy atom. The number of amides is 1. The van der Waals surface area contributed by atoms with Crippen molar-refractivity contribution in [2.75, 3.05) is 24.6 Å². The third kappa shape index (κ3) is 3.47. The van der Waals surface area contributed by atoms with Gasteiger partial charge in [-0.25, -0.2) is 0 Å². The topological polar surface area (TPSA) is 53.0 Å². The van der Waals surface area contributed by atoms with Crippen molar-refractivity contribution in [3.05, 3.63) is 34.2 Å². The average molecular weight is 289 g/mol. The number of hydrogen-bond acceptors (Lipinski definition) is 4. The zero-order valence-corrected chi connectivity index (χ0v) is 12.8. The molecule has 2 rings (SSSR count). The Hall–Kier alpha value is -1.75. The van der Waals surface area contributed by atoms with E-state index >= 15 is 0 Å². The number of hydrogen-bond donors (Lipinski definition) is 0. The van der Waals surface area contributed by atoms with Crippen molar-refractivity contribution >= 4 is 11.6 Å². The molecule has 1 aliphatic heterocycles. The molecule has 0 saturated heterocycles. The van der Waals surface area contributed by atoms with Crippen LogP contribution in [0.2, 0.25) is 0 Å². The van der Waals surface area contributed by atoms with E-state index in [9.17, 15) is 9.70 Å². The summed E-state index contributed by atoms with van der Waals surface area (Å²) in [5, 5.41) is 3.81. The SMILES string of the molecule is CCCN(CCC)CCc1cccc2c1CC(=O)N2N=O. The van der Waals surface area contributed by atoms with Crippen LogP contribution in [-0.2, 0) is 17.6 Å². The molecule has 0 unspecified atom stereocenters. The fourth-order valence-corrected chi connectivity index (χ4v) is 2.95. The lowest BCUT2D eigenvalue weighted by Gasteiger charge is -2.21. The molecular formula is C16H23N3O2. The molecule has 0 spiro atoms. The highest BCUT2D eigenvalue weighted by Crippen LogP contribution is 2.32. The first-order valence-corrected chi connectivity index (χ1v) is 7.70. The van der Waals surface area contributed by atoms with E-state index in [1.165, 1.54) is 0 Å². The zero-order chi connectivity index (χ0) is 15.2. The fourth-order valence-electron chi connectivity index (χ4n) is 2.95. The van der Waals surface area contributed by atoms with Gasteiger partial charge in [0.05, 0.1) is 17.4 Å². The highest BCUT2D eigenvalue weighted by Gasteiger charge is 2.30. The maximum absolute atomic E-state index is 11.8. The molecule has 0 atom stereocenters. The van der Waals surface area contributed by atoms with Gasteiger partial charge < -0.3 is 4.90 Å². The van der Waals surface area contributed by atoms with Gasteiger partial charge in [-0.15, -0.1) is 4.91 Å². The van der Waals surface area contributed by atoms with E-state index in [-0.39, 0.29) is 5.91 Å². The number of benzene rings is 1. The van der Waals surface area contributed by atoms with Crippen LogP contribution in [0.3, 0.4) is 0 Å². The van der Waals surface area contributed by atoms with Gasteiger partial charge in [-0.1, -0.05) is 26.0 Å². The van der Waals surface area contributed by atoms with Crippen LogP contribution in [0.25, 0.3) is 0 Å². The molecular weight excluding hydrogens is 266 g/mol. The summed E-state index contributed by atoms with van der Waals surface area (Å²) < 4.78 is 0. The van der Waals surface area contributed by atoms with Crippen LogP contribution in [0.4, 0.5) is 5.69 Å². The van der Waals surface area contributed by atoms with E-state index < -0.39 is 0 Å². The fraction of sp³-hybridized carbons (Fsp3) is 0.562. The molecule has 1 amide bonds. The van der Waals surface area contributed by atoms with Crippen molar-refractivity contribution in [2.24, 2.45) is 5.29 Å². The minimum absolute atomic E-state index is 0.230. The zero-order valence-electron chi connectivity index (χ0n) is 12.8. The molecule has 0 saturated carbocycles. The second-order valence-corrected chi connectivity index (χ2v) is 5.47. The Balaban J connectivity index is 2.10. The maximum Gasteiger partial charge on any atom is 0.254 e. The molecule has 5 heteroatoms. The number of fused-ring (bicyclic) bond motifs is 1. The van der Waals surface area contributed by atoms with E-state index in [1.807, 2.05) is 6.07 Å². The third-order valence-electron chi connectivity index (χ3n) is 3.90. The van der Waals surface area contributed by atoms with Crippen LogP contribution < -0.4 is 5.01 Å². The summed E-state index contributed by atoms with van der Waals surface area (Å²) in [7, 11) is 0. The molecule has 21 heavy (non-hydrogen) atoms. The van der Waals surface area contributed by atoms with Gasteiger partial charge in [-0.3, -0.25) is 4.79 Å². The van der Waals surface area contributed by atoms with Gasteiger partial charge in [0.25, 0.3) is 5.91 Å². The van der Waals surface area contributed by atoms with Gasteiger partial charge in [0, 0.05) is 6.54 Å². The standard InChI is InChI=1S/C16H23N3O2/c1-3-9-18(10-4-2)11-8-13-6-5-7-15-14(13)12-16(20)19(15)17-21/h5-7H,3-4,8-12H2,1-2H3.